The highest BCUT2D eigenvalue weighted by Crippen LogP contribution is 2.38. The number of hydrogen-bond donors (Lipinski definition) is 2. The Morgan fingerprint density at radius 1 is 1.76 bits per heavy atom. The van der Waals surface area contributed by atoms with Gasteiger partial charge in [-0.1, -0.05) is 17.7 Å². The normalized spacial score (nSPS) is 16.2. The van der Waals surface area contributed by atoms with Gasteiger partial charge < -0.3 is 5.32 Å². The van der Waals surface area contributed by atoms with Crippen LogP contribution in [0.1, 0.15) is 31.5 Å². The lowest BCUT2D eigenvalue weighted by Crippen LogP contribution is -2.31. The zero-order valence-corrected chi connectivity index (χ0v) is 10.4. The molecule has 1 fully saturated rings. The molecular weight excluding hydrogens is 236 g/mol. The Labute approximate surface area is 104 Å². The van der Waals surface area contributed by atoms with E-state index in [1.165, 1.54) is 24.6 Å². The summed E-state index contributed by atoms with van der Waals surface area (Å²) in [5.74, 6) is 3.75. The fourth-order valence-corrected chi connectivity index (χ4v) is 2.10. The summed E-state index contributed by atoms with van der Waals surface area (Å²) in [7, 11) is 0. The van der Waals surface area contributed by atoms with Crippen molar-refractivity contribution in [1.29, 1.82) is 0 Å². The summed E-state index contributed by atoms with van der Waals surface area (Å²) < 4.78 is 0. The molecule has 5 nitrogen and oxygen atoms in total. The number of thioether (sulfide) groups is 1. The predicted octanol–water partition coefficient (Wildman–Crippen LogP) is 0.912. The van der Waals surface area contributed by atoms with E-state index < -0.39 is 0 Å². The van der Waals surface area contributed by atoms with E-state index in [4.69, 9.17) is 6.42 Å². The van der Waals surface area contributed by atoms with E-state index in [9.17, 15) is 4.79 Å². The Hall–Kier alpha value is -1.48. The molecule has 1 unspecified atom stereocenters. The molecule has 2 N–H and O–H groups in total. The van der Waals surface area contributed by atoms with Gasteiger partial charge in [0.1, 0.15) is 5.82 Å². The number of aromatic amines is 1. The summed E-state index contributed by atoms with van der Waals surface area (Å²) >= 11 is 1.33. The van der Waals surface area contributed by atoms with Crippen LogP contribution < -0.4 is 5.32 Å². The quantitative estimate of drug-likeness (QED) is 0.602. The van der Waals surface area contributed by atoms with Gasteiger partial charge in [0.2, 0.25) is 11.1 Å². The van der Waals surface area contributed by atoms with Gasteiger partial charge in [0.25, 0.3) is 0 Å². The fourth-order valence-electron chi connectivity index (χ4n) is 1.34. The van der Waals surface area contributed by atoms with Gasteiger partial charge in [-0.25, -0.2) is 4.98 Å². The van der Waals surface area contributed by atoms with Crippen molar-refractivity contribution in [3.63, 3.8) is 0 Å². The molecule has 6 heteroatoms. The third-order valence-electron chi connectivity index (χ3n) is 2.46. The van der Waals surface area contributed by atoms with Crippen LogP contribution in [0.4, 0.5) is 0 Å². The van der Waals surface area contributed by atoms with E-state index in [0.29, 0.717) is 11.1 Å². The Morgan fingerprint density at radius 3 is 3.18 bits per heavy atom. The molecule has 1 aromatic heterocycles. The minimum Gasteiger partial charge on any atom is -0.344 e. The topological polar surface area (TPSA) is 70.7 Å². The second-order valence-corrected chi connectivity index (χ2v) is 5.27. The lowest BCUT2D eigenvalue weighted by Gasteiger charge is -2.07. The molecule has 0 spiro atoms. The molecule has 17 heavy (non-hydrogen) atoms. The van der Waals surface area contributed by atoms with Crippen LogP contribution in [-0.4, -0.2) is 32.9 Å². The van der Waals surface area contributed by atoms with E-state index in [1.807, 2.05) is 6.92 Å². The molecule has 0 bridgehead atoms. The lowest BCUT2D eigenvalue weighted by atomic mass is 10.4. The van der Waals surface area contributed by atoms with Crippen molar-refractivity contribution >= 4 is 17.7 Å². The highest BCUT2D eigenvalue weighted by atomic mass is 32.2. The lowest BCUT2D eigenvalue weighted by molar-refractivity contribution is -0.120. The van der Waals surface area contributed by atoms with Crippen molar-refractivity contribution < 1.29 is 4.79 Å². The predicted molar refractivity (Wildman–Crippen MR) is 65.5 cm³/mol. The summed E-state index contributed by atoms with van der Waals surface area (Å²) in [4.78, 5) is 15.9. The molecule has 0 aromatic carbocycles. The second-order valence-electron chi connectivity index (χ2n) is 3.96. The van der Waals surface area contributed by atoms with Gasteiger partial charge in [-0.15, -0.1) is 11.5 Å². The molecule has 1 heterocycles. The third-order valence-corrected chi connectivity index (χ3v) is 3.42. The Bertz CT molecular complexity index is 447. The van der Waals surface area contributed by atoms with E-state index in [1.54, 1.807) is 0 Å². The van der Waals surface area contributed by atoms with Crippen molar-refractivity contribution in [2.24, 2.45) is 0 Å². The monoisotopic (exact) mass is 250 g/mol. The van der Waals surface area contributed by atoms with Crippen LogP contribution in [0.3, 0.4) is 0 Å². The first-order chi connectivity index (χ1) is 8.20. The number of hydrogen-bond acceptors (Lipinski definition) is 4. The van der Waals surface area contributed by atoms with Crippen LogP contribution in [0, 0.1) is 12.3 Å². The van der Waals surface area contributed by atoms with Gasteiger partial charge in [-0.2, -0.15) is 0 Å². The van der Waals surface area contributed by atoms with E-state index in [0.717, 1.165) is 5.82 Å². The number of amides is 1. The maximum absolute atomic E-state index is 11.6. The molecule has 90 valence electrons. The molecule has 0 aliphatic heterocycles. The SMILES string of the molecule is C#CCNC(=O)C(C)Sc1n[nH]c(C2CC2)n1. The zero-order chi connectivity index (χ0) is 12.3. The number of nitrogens with zero attached hydrogens (tertiary/aromatic N) is 2. The van der Waals surface area contributed by atoms with Crippen molar-refractivity contribution in [3.8, 4) is 12.3 Å². The number of aromatic nitrogens is 3. The molecule has 1 aromatic rings. The first-order valence-electron chi connectivity index (χ1n) is 5.51. The Morgan fingerprint density at radius 2 is 2.53 bits per heavy atom. The average molecular weight is 250 g/mol. The number of carbonyl (C=O) groups is 1. The van der Waals surface area contributed by atoms with Crippen molar-refractivity contribution in [2.45, 2.75) is 36.1 Å². The van der Waals surface area contributed by atoms with E-state index in [2.05, 4.69) is 26.4 Å². The molecule has 1 aliphatic rings. The highest BCUT2D eigenvalue weighted by Gasteiger charge is 2.27. The molecule has 1 atom stereocenters. The Balaban J connectivity index is 1.86. The van der Waals surface area contributed by atoms with Crippen LogP contribution in [0.5, 0.6) is 0 Å². The first-order valence-corrected chi connectivity index (χ1v) is 6.39. The summed E-state index contributed by atoms with van der Waals surface area (Å²) in [6, 6.07) is 0. The first kappa shape index (κ1) is 12.0. The van der Waals surface area contributed by atoms with Crippen molar-refractivity contribution in [3.05, 3.63) is 5.82 Å². The molecule has 0 saturated heterocycles. The van der Waals surface area contributed by atoms with Gasteiger partial charge in [0.15, 0.2) is 0 Å². The van der Waals surface area contributed by atoms with Crippen LogP contribution in [0.25, 0.3) is 0 Å². The van der Waals surface area contributed by atoms with Gasteiger partial charge >= 0.3 is 0 Å². The largest absolute Gasteiger partial charge is 0.344 e. The van der Waals surface area contributed by atoms with E-state index >= 15 is 0 Å². The maximum atomic E-state index is 11.6. The van der Waals surface area contributed by atoms with Crippen molar-refractivity contribution in [2.75, 3.05) is 6.54 Å². The maximum Gasteiger partial charge on any atom is 0.234 e. The summed E-state index contributed by atoms with van der Waals surface area (Å²) in [6.45, 7) is 2.06. The number of H-pyrrole nitrogens is 1. The Kier molecular flexibility index (Phi) is 3.69. The van der Waals surface area contributed by atoms with Gasteiger partial charge in [0, 0.05) is 5.92 Å². The summed E-state index contributed by atoms with van der Waals surface area (Å²) in [5.41, 5.74) is 0. The second kappa shape index (κ2) is 5.23. The number of rotatable bonds is 5. The van der Waals surface area contributed by atoms with Gasteiger partial charge in [-0.3, -0.25) is 9.89 Å². The van der Waals surface area contributed by atoms with Crippen LogP contribution in [0.15, 0.2) is 5.16 Å². The van der Waals surface area contributed by atoms with E-state index in [-0.39, 0.29) is 17.7 Å². The molecule has 1 saturated carbocycles. The molecular formula is C11H14N4OS. The standard InChI is InChI=1S/C11H14N4OS/c1-3-6-12-10(16)7(2)17-11-13-9(14-15-11)8-4-5-8/h1,7-8H,4-6H2,2H3,(H,12,16)(H,13,14,15). The molecule has 1 aliphatic carbocycles. The smallest absolute Gasteiger partial charge is 0.234 e. The molecule has 1 amide bonds. The minimum atomic E-state index is -0.244. The number of nitrogens with one attached hydrogen (secondary N) is 2. The summed E-state index contributed by atoms with van der Waals surface area (Å²) in [5, 5.41) is 10.0. The van der Waals surface area contributed by atoms with Gasteiger partial charge in [0.05, 0.1) is 11.8 Å². The minimum absolute atomic E-state index is 0.0919. The average Bonchev–Trinajstić information content (AvgIpc) is 3.07. The number of terminal acetylenes is 1. The number of carbonyl (C=O) groups excluding carboxylic acids is 1. The fraction of sp³-hybridized carbons (Fsp3) is 0.545. The third kappa shape index (κ3) is 3.24. The van der Waals surface area contributed by atoms with Crippen LogP contribution in [0.2, 0.25) is 0 Å². The van der Waals surface area contributed by atoms with Crippen molar-refractivity contribution in [1.82, 2.24) is 20.5 Å². The summed E-state index contributed by atoms with van der Waals surface area (Å²) in [6.07, 6.45) is 7.43. The van der Waals surface area contributed by atoms with Crippen LogP contribution >= 0.6 is 11.8 Å². The van der Waals surface area contributed by atoms with Gasteiger partial charge in [-0.05, 0) is 19.8 Å². The highest BCUT2D eigenvalue weighted by molar-refractivity contribution is 8.00. The molecule has 0 radical (unpaired) electrons. The molecule has 2 rings (SSSR count). The van der Waals surface area contributed by atoms with Crippen LogP contribution in [-0.2, 0) is 4.79 Å². The zero-order valence-electron chi connectivity index (χ0n) is 9.56.